The van der Waals surface area contributed by atoms with Crippen LogP contribution in [0.15, 0.2) is 48.8 Å². The zero-order valence-electron chi connectivity index (χ0n) is 21.2. The Hall–Kier alpha value is -4.61. The minimum Gasteiger partial charge on any atom is -0.480 e. The van der Waals surface area contributed by atoms with E-state index in [2.05, 4.69) is 20.1 Å². The molecule has 12 heteroatoms. The number of aliphatic carboxylic acids is 1. The number of nitrogen functional groups attached to an aromatic ring is 1. The van der Waals surface area contributed by atoms with Gasteiger partial charge in [-0.2, -0.15) is 5.10 Å². The Kier molecular flexibility index (Phi) is 7.79. The predicted octanol–water partition coefficient (Wildman–Crippen LogP) is 4.12. The van der Waals surface area contributed by atoms with Gasteiger partial charge < -0.3 is 15.6 Å². The SMILES string of the molecule is CCC(C)N(C(=O)Oc1cnc(-c2nn(Cc3ccccc3F)c3ncccc23)nc1N)C(CC)C(=O)O. The van der Waals surface area contributed by atoms with Crippen molar-refractivity contribution in [1.29, 1.82) is 0 Å². The van der Waals surface area contributed by atoms with Crippen molar-refractivity contribution in [2.45, 2.75) is 52.2 Å². The molecule has 38 heavy (non-hydrogen) atoms. The van der Waals surface area contributed by atoms with Gasteiger partial charge in [-0.05, 0) is 38.0 Å². The summed E-state index contributed by atoms with van der Waals surface area (Å²) >= 11 is 0. The van der Waals surface area contributed by atoms with Crippen molar-refractivity contribution < 1.29 is 23.8 Å². The fourth-order valence-electron chi connectivity index (χ4n) is 4.10. The molecule has 3 aromatic heterocycles. The van der Waals surface area contributed by atoms with Crippen LogP contribution in [0.2, 0.25) is 0 Å². The van der Waals surface area contributed by atoms with Gasteiger partial charge in [0, 0.05) is 17.8 Å². The van der Waals surface area contributed by atoms with Gasteiger partial charge in [-0.1, -0.05) is 32.0 Å². The van der Waals surface area contributed by atoms with Crippen molar-refractivity contribution in [1.82, 2.24) is 29.6 Å². The van der Waals surface area contributed by atoms with Crippen molar-refractivity contribution in [3.05, 3.63) is 60.2 Å². The van der Waals surface area contributed by atoms with Gasteiger partial charge >= 0.3 is 12.1 Å². The molecule has 11 nitrogen and oxygen atoms in total. The number of nitrogens with zero attached hydrogens (tertiary/aromatic N) is 6. The van der Waals surface area contributed by atoms with Crippen LogP contribution in [0.4, 0.5) is 15.0 Å². The van der Waals surface area contributed by atoms with E-state index in [0.29, 0.717) is 28.7 Å². The number of amides is 1. The lowest BCUT2D eigenvalue weighted by Crippen LogP contribution is -2.50. The van der Waals surface area contributed by atoms with Crippen LogP contribution in [0.25, 0.3) is 22.6 Å². The molecule has 0 aliphatic carbocycles. The van der Waals surface area contributed by atoms with Crippen LogP contribution in [0, 0.1) is 5.82 Å². The Morgan fingerprint density at radius 2 is 1.92 bits per heavy atom. The molecular formula is C26H28FN7O4. The van der Waals surface area contributed by atoms with E-state index in [9.17, 15) is 19.1 Å². The van der Waals surface area contributed by atoms with Gasteiger partial charge in [0.15, 0.2) is 23.0 Å². The van der Waals surface area contributed by atoms with Gasteiger partial charge in [-0.25, -0.2) is 33.6 Å². The molecule has 1 amide bonds. The number of fused-ring (bicyclic) bond motifs is 1. The Labute approximate surface area is 218 Å². The number of carbonyl (C=O) groups excluding carboxylic acids is 1. The molecule has 0 aliphatic rings. The largest absolute Gasteiger partial charge is 0.480 e. The van der Waals surface area contributed by atoms with Crippen LogP contribution >= 0.6 is 0 Å². The van der Waals surface area contributed by atoms with Crippen molar-refractivity contribution in [3.63, 3.8) is 0 Å². The van der Waals surface area contributed by atoms with E-state index in [-0.39, 0.29) is 42.2 Å². The third kappa shape index (κ3) is 5.24. The van der Waals surface area contributed by atoms with Crippen LogP contribution < -0.4 is 10.5 Å². The molecule has 0 saturated heterocycles. The quantitative estimate of drug-likeness (QED) is 0.331. The summed E-state index contributed by atoms with van der Waals surface area (Å²) in [4.78, 5) is 38.8. The van der Waals surface area contributed by atoms with Crippen LogP contribution in [0.1, 0.15) is 39.2 Å². The Morgan fingerprint density at radius 3 is 2.58 bits per heavy atom. The molecule has 1 aromatic carbocycles. The first kappa shape index (κ1) is 26.5. The third-order valence-electron chi connectivity index (χ3n) is 6.26. The number of anilines is 1. The maximum atomic E-state index is 14.3. The number of halogens is 1. The summed E-state index contributed by atoms with van der Waals surface area (Å²) in [7, 11) is 0. The number of ether oxygens (including phenoxy) is 1. The first-order valence-electron chi connectivity index (χ1n) is 12.2. The zero-order valence-corrected chi connectivity index (χ0v) is 21.2. The van der Waals surface area contributed by atoms with E-state index >= 15 is 0 Å². The summed E-state index contributed by atoms with van der Waals surface area (Å²) < 4.78 is 21.3. The topological polar surface area (TPSA) is 149 Å². The molecule has 0 radical (unpaired) electrons. The van der Waals surface area contributed by atoms with Gasteiger partial charge in [0.25, 0.3) is 0 Å². The van der Waals surface area contributed by atoms with Gasteiger partial charge in [-0.15, -0.1) is 0 Å². The third-order valence-corrected chi connectivity index (χ3v) is 6.26. The summed E-state index contributed by atoms with van der Waals surface area (Å²) in [6.45, 7) is 5.40. The fraction of sp³-hybridized carbons (Fsp3) is 0.308. The number of benzene rings is 1. The van der Waals surface area contributed by atoms with Gasteiger partial charge in [-0.3, -0.25) is 4.90 Å². The first-order valence-corrected chi connectivity index (χ1v) is 12.2. The zero-order chi connectivity index (χ0) is 27.4. The lowest BCUT2D eigenvalue weighted by Gasteiger charge is -2.32. The Morgan fingerprint density at radius 1 is 1.16 bits per heavy atom. The predicted molar refractivity (Wildman–Crippen MR) is 138 cm³/mol. The van der Waals surface area contributed by atoms with Crippen LogP contribution in [0.5, 0.6) is 5.75 Å². The van der Waals surface area contributed by atoms with Gasteiger partial charge in [0.1, 0.15) is 17.6 Å². The molecule has 3 heterocycles. The van der Waals surface area contributed by atoms with E-state index in [4.69, 9.17) is 10.5 Å². The highest BCUT2D eigenvalue weighted by Crippen LogP contribution is 2.28. The number of nitrogens with two attached hydrogens (primary N) is 1. The molecule has 198 valence electrons. The Balaban J connectivity index is 1.65. The minimum atomic E-state index is -1.13. The number of aromatic nitrogens is 5. The van der Waals surface area contributed by atoms with Crippen LogP contribution in [0.3, 0.4) is 0 Å². The van der Waals surface area contributed by atoms with Gasteiger partial charge in [0.05, 0.1) is 18.1 Å². The second-order valence-corrected chi connectivity index (χ2v) is 8.71. The molecule has 2 atom stereocenters. The number of carbonyl (C=O) groups is 2. The number of rotatable bonds is 9. The number of pyridine rings is 1. The first-order chi connectivity index (χ1) is 18.2. The fourth-order valence-corrected chi connectivity index (χ4v) is 4.10. The minimum absolute atomic E-state index is 0.111. The smallest absolute Gasteiger partial charge is 0.416 e. The van der Waals surface area contributed by atoms with Crippen molar-refractivity contribution in [3.8, 4) is 17.3 Å². The molecule has 0 bridgehead atoms. The monoisotopic (exact) mass is 521 g/mol. The summed E-state index contributed by atoms with van der Waals surface area (Å²) in [6, 6.07) is 8.47. The molecule has 4 aromatic rings. The highest BCUT2D eigenvalue weighted by Gasteiger charge is 2.33. The second-order valence-electron chi connectivity index (χ2n) is 8.71. The van der Waals surface area contributed by atoms with E-state index < -0.39 is 18.1 Å². The van der Waals surface area contributed by atoms with Crippen LogP contribution in [-0.4, -0.2) is 58.9 Å². The molecule has 0 fully saturated rings. The Bertz CT molecular complexity index is 1480. The number of hydrogen-bond donors (Lipinski definition) is 2. The van der Waals surface area contributed by atoms with E-state index in [1.54, 1.807) is 55.1 Å². The molecule has 0 aliphatic heterocycles. The average Bonchev–Trinajstić information content (AvgIpc) is 3.27. The van der Waals surface area contributed by atoms with Crippen LogP contribution in [-0.2, 0) is 11.3 Å². The molecule has 0 saturated carbocycles. The summed E-state index contributed by atoms with van der Waals surface area (Å²) in [5.74, 6) is -1.57. The number of carboxylic acids is 1. The molecule has 3 N–H and O–H groups in total. The van der Waals surface area contributed by atoms with E-state index in [0.717, 1.165) is 0 Å². The average molecular weight is 522 g/mol. The van der Waals surface area contributed by atoms with Crippen molar-refractivity contribution in [2.75, 3.05) is 5.73 Å². The second kappa shape index (κ2) is 11.2. The summed E-state index contributed by atoms with van der Waals surface area (Å²) in [5.41, 5.74) is 7.43. The van der Waals surface area contributed by atoms with Crippen molar-refractivity contribution in [2.24, 2.45) is 0 Å². The molecular weight excluding hydrogens is 493 g/mol. The molecule has 4 rings (SSSR count). The summed E-state index contributed by atoms with van der Waals surface area (Å²) in [5, 5.41) is 14.8. The normalized spacial score (nSPS) is 12.7. The molecule has 0 spiro atoms. The maximum absolute atomic E-state index is 14.3. The highest BCUT2D eigenvalue weighted by atomic mass is 19.1. The lowest BCUT2D eigenvalue weighted by atomic mass is 10.1. The maximum Gasteiger partial charge on any atom is 0.416 e. The number of hydrogen-bond acceptors (Lipinski definition) is 8. The lowest BCUT2D eigenvalue weighted by molar-refractivity contribution is -0.143. The molecule has 2 unspecified atom stereocenters. The van der Waals surface area contributed by atoms with Gasteiger partial charge in [0.2, 0.25) is 0 Å². The van der Waals surface area contributed by atoms with E-state index in [1.807, 2.05) is 6.92 Å². The summed E-state index contributed by atoms with van der Waals surface area (Å²) in [6.07, 6.45) is 2.72. The van der Waals surface area contributed by atoms with E-state index in [1.165, 1.54) is 17.2 Å². The van der Waals surface area contributed by atoms with Crippen molar-refractivity contribution >= 4 is 28.9 Å². The standard InChI is InChI=1S/C26H28FN7O4/c1-4-15(3)34(19(5-2)25(35)36)26(37)38-20-13-30-23(31-22(20)28)21-17-10-8-12-29-24(17)33(32-21)14-16-9-6-7-11-18(16)27/h6-13,15,19H,4-5,14H2,1-3H3,(H,35,36)(H2,28,30,31). The highest BCUT2D eigenvalue weighted by molar-refractivity contribution is 5.89. The number of carboxylic acid groups (broad SMARTS) is 1.